The highest BCUT2D eigenvalue weighted by Crippen LogP contribution is 2.18. The van der Waals surface area contributed by atoms with Gasteiger partial charge in [-0.05, 0) is 31.5 Å². The van der Waals surface area contributed by atoms with E-state index in [0.29, 0.717) is 29.6 Å². The lowest BCUT2D eigenvalue weighted by molar-refractivity contribution is -0.122. The fraction of sp³-hybridized carbons (Fsp3) is 0.350. The summed E-state index contributed by atoms with van der Waals surface area (Å²) < 4.78 is 1.39. The van der Waals surface area contributed by atoms with Crippen LogP contribution < -0.4 is 15.6 Å². The van der Waals surface area contributed by atoms with Gasteiger partial charge in [0.05, 0.1) is 18.5 Å². The van der Waals surface area contributed by atoms with Crippen LogP contribution in [0.25, 0.3) is 5.13 Å². The number of carbonyl (C=O) groups is 2. The molecule has 0 spiro atoms. The number of amides is 1. The van der Waals surface area contributed by atoms with Gasteiger partial charge in [-0.25, -0.2) is 14.8 Å². The molecule has 3 rings (SSSR count). The average molecular weight is 459 g/mol. The van der Waals surface area contributed by atoms with Gasteiger partial charge < -0.3 is 15.3 Å². The molecule has 32 heavy (non-hydrogen) atoms. The van der Waals surface area contributed by atoms with E-state index in [1.807, 2.05) is 4.90 Å². The van der Waals surface area contributed by atoms with Crippen molar-refractivity contribution >= 4 is 29.0 Å². The summed E-state index contributed by atoms with van der Waals surface area (Å²) in [7, 11) is 0. The number of aromatic nitrogens is 3. The average Bonchev–Trinajstić information content (AvgIpc) is 3.23. The Hall–Kier alpha value is -3.67. The number of carboxylic acids is 1. The van der Waals surface area contributed by atoms with Crippen LogP contribution in [0.5, 0.6) is 0 Å². The topological polar surface area (TPSA) is 147 Å². The molecule has 2 aromatic heterocycles. The highest BCUT2D eigenvalue weighted by molar-refractivity contribution is 7.12. The van der Waals surface area contributed by atoms with Gasteiger partial charge in [-0.15, -0.1) is 11.3 Å². The fourth-order valence-electron chi connectivity index (χ4n) is 3.06. The van der Waals surface area contributed by atoms with E-state index >= 15 is 0 Å². The van der Waals surface area contributed by atoms with Crippen molar-refractivity contribution in [3.63, 3.8) is 0 Å². The van der Waals surface area contributed by atoms with Gasteiger partial charge in [-0.3, -0.25) is 14.2 Å². The molecule has 11 nitrogen and oxygen atoms in total. The van der Waals surface area contributed by atoms with Crippen molar-refractivity contribution in [1.82, 2.24) is 19.9 Å². The molecule has 3 heterocycles. The predicted octanol–water partition coefficient (Wildman–Crippen LogP) is 1.67. The summed E-state index contributed by atoms with van der Waals surface area (Å²) in [6, 6.07) is 2.23. The molecule has 1 saturated heterocycles. The number of thiazole rings is 1. The molecule has 2 N–H and O–H groups in total. The van der Waals surface area contributed by atoms with E-state index in [1.54, 1.807) is 31.5 Å². The monoisotopic (exact) mass is 458 g/mol. The van der Waals surface area contributed by atoms with E-state index in [9.17, 15) is 24.4 Å². The second-order valence-electron chi connectivity index (χ2n) is 7.40. The molecule has 0 aromatic carbocycles. The third-order valence-corrected chi connectivity index (χ3v) is 5.45. The minimum Gasteiger partial charge on any atom is -0.477 e. The normalized spacial score (nSPS) is 14.1. The summed E-state index contributed by atoms with van der Waals surface area (Å²) >= 11 is 1.27. The van der Waals surface area contributed by atoms with E-state index < -0.39 is 23.0 Å². The van der Waals surface area contributed by atoms with Crippen LogP contribution in [0.2, 0.25) is 0 Å². The largest absolute Gasteiger partial charge is 0.477 e. The lowest BCUT2D eigenvalue weighted by atomic mass is 10.1. The lowest BCUT2D eigenvalue weighted by Crippen LogP contribution is -2.59. The first kappa shape index (κ1) is 23.0. The molecule has 1 atom stereocenters. The van der Waals surface area contributed by atoms with Crippen molar-refractivity contribution in [2.75, 3.05) is 18.0 Å². The first-order valence-electron chi connectivity index (χ1n) is 9.75. The summed E-state index contributed by atoms with van der Waals surface area (Å²) in [4.78, 5) is 57.1. The second-order valence-corrected chi connectivity index (χ2v) is 8.27. The van der Waals surface area contributed by atoms with Gasteiger partial charge in [0.25, 0.3) is 0 Å². The minimum atomic E-state index is -1.35. The third kappa shape index (κ3) is 5.72. The zero-order chi connectivity index (χ0) is 23.3. The minimum absolute atomic E-state index is 0.0336. The van der Waals surface area contributed by atoms with Crippen molar-refractivity contribution in [2.24, 2.45) is 5.18 Å². The maximum atomic E-state index is 12.5. The number of rotatable bonds is 7. The van der Waals surface area contributed by atoms with E-state index in [0.717, 1.165) is 0 Å². The molecule has 1 amide bonds. The second kappa shape index (κ2) is 10.1. The molecule has 168 valence electrons. The number of nitroso groups, excluding NO2 is 1. The first-order valence-corrected chi connectivity index (χ1v) is 10.6. The summed E-state index contributed by atoms with van der Waals surface area (Å²) in [5.41, 5.74) is -0.516. The molecular formula is C20H22N6O5S. The zero-order valence-corrected chi connectivity index (χ0v) is 18.3. The maximum Gasteiger partial charge on any atom is 0.341 e. The van der Waals surface area contributed by atoms with E-state index in [1.165, 1.54) is 34.5 Å². The van der Waals surface area contributed by atoms with Crippen LogP contribution >= 0.6 is 11.3 Å². The Bertz CT molecular complexity index is 1130. The molecule has 0 saturated carbocycles. The summed E-state index contributed by atoms with van der Waals surface area (Å²) in [5.74, 6) is -1.04. The van der Waals surface area contributed by atoms with Gasteiger partial charge in [0.1, 0.15) is 17.7 Å². The van der Waals surface area contributed by atoms with Crippen LogP contribution in [0.1, 0.15) is 29.3 Å². The standard InChI is InChI=1S/C20H22N6O5S/c1-12-5-16(27)15(19(29)30)10-26(20-21-3-4-32-20)11-22-17(6-12)25-8-14(9-25)23-18(28)7-13(2)24-31/h3-6,10-11,13-14H,7-9H2,1-2H3,(H,23,28)(H,29,30). The Morgan fingerprint density at radius 2 is 2.09 bits per heavy atom. The van der Waals surface area contributed by atoms with Crippen LogP contribution in [0.4, 0.5) is 5.82 Å². The number of aryl methyl sites for hydroxylation is 1. The summed E-state index contributed by atoms with van der Waals surface area (Å²) in [5, 5.41) is 17.3. The molecule has 0 bridgehead atoms. The van der Waals surface area contributed by atoms with Crippen LogP contribution in [-0.4, -0.2) is 56.7 Å². The number of anilines is 1. The molecule has 12 heteroatoms. The number of hydrogen-bond donors (Lipinski definition) is 2. The summed E-state index contributed by atoms with van der Waals surface area (Å²) in [6.45, 7) is 4.24. The number of aromatic carboxylic acids is 1. The number of nitrogens with zero attached hydrogens (tertiary/aromatic N) is 5. The van der Waals surface area contributed by atoms with Crippen LogP contribution in [0, 0.1) is 11.8 Å². The van der Waals surface area contributed by atoms with Gasteiger partial charge in [-0.1, -0.05) is 5.18 Å². The van der Waals surface area contributed by atoms with E-state index in [-0.39, 0.29) is 18.4 Å². The van der Waals surface area contributed by atoms with Gasteiger partial charge in [0.15, 0.2) is 10.6 Å². The molecule has 2 aromatic rings. The van der Waals surface area contributed by atoms with Gasteiger partial charge in [0.2, 0.25) is 5.91 Å². The number of hydrogen-bond acceptors (Lipinski definition) is 9. The highest BCUT2D eigenvalue weighted by Gasteiger charge is 2.29. The fourth-order valence-corrected chi connectivity index (χ4v) is 3.64. The summed E-state index contributed by atoms with van der Waals surface area (Å²) in [6.07, 6.45) is 4.20. The Morgan fingerprint density at radius 1 is 1.34 bits per heavy atom. The third-order valence-electron chi connectivity index (χ3n) is 4.67. The van der Waals surface area contributed by atoms with Crippen molar-refractivity contribution < 1.29 is 14.7 Å². The van der Waals surface area contributed by atoms with Crippen LogP contribution in [0.15, 0.2) is 46.2 Å². The smallest absolute Gasteiger partial charge is 0.341 e. The predicted molar refractivity (Wildman–Crippen MR) is 119 cm³/mol. The lowest BCUT2D eigenvalue weighted by Gasteiger charge is -2.40. The molecule has 1 fully saturated rings. The van der Waals surface area contributed by atoms with Crippen molar-refractivity contribution in [3.05, 3.63) is 62.5 Å². The van der Waals surface area contributed by atoms with Gasteiger partial charge in [-0.2, -0.15) is 4.91 Å². The molecular weight excluding hydrogens is 436 g/mol. The SMILES string of the molecule is Cc1cc(N2CC(NC(=O)CC(C)N=O)C2)ncn(-c2nccs2)cc(C(=O)O)c(=O)c1. The quantitative estimate of drug-likeness (QED) is 0.596. The molecule has 0 aliphatic carbocycles. The maximum absolute atomic E-state index is 12.5. The van der Waals surface area contributed by atoms with Crippen molar-refractivity contribution in [3.8, 4) is 5.13 Å². The van der Waals surface area contributed by atoms with E-state index in [2.05, 4.69) is 20.5 Å². The first-order chi connectivity index (χ1) is 15.3. The Morgan fingerprint density at radius 3 is 2.72 bits per heavy atom. The zero-order valence-electron chi connectivity index (χ0n) is 17.5. The van der Waals surface area contributed by atoms with E-state index in [4.69, 9.17) is 0 Å². The molecule has 1 unspecified atom stereocenters. The molecule has 0 radical (unpaired) electrons. The van der Waals surface area contributed by atoms with Gasteiger partial charge >= 0.3 is 5.97 Å². The molecule has 1 aliphatic rings. The number of carboxylic acid groups (broad SMARTS) is 1. The van der Waals surface area contributed by atoms with Crippen LogP contribution in [0.3, 0.4) is 0 Å². The Kier molecular flexibility index (Phi) is 7.25. The van der Waals surface area contributed by atoms with Crippen molar-refractivity contribution in [1.29, 1.82) is 0 Å². The van der Waals surface area contributed by atoms with Crippen LogP contribution in [-0.2, 0) is 4.79 Å². The highest BCUT2D eigenvalue weighted by atomic mass is 32.1. The molecule has 1 aliphatic heterocycles. The Labute approximate surface area is 187 Å². The van der Waals surface area contributed by atoms with Gasteiger partial charge in [0, 0.05) is 30.9 Å². The van der Waals surface area contributed by atoms with Crippen molar-refractivity contribution in [2.45, 2.75) is 32.4 Å². The Balaban J connectivity index is 1.91. The number of nitrogens with one attached hydrogen (secondary N) is 1. The number of carbonyl (C=O) groups excluding carboxylic acids is 1.